The average molecular weight is 258 g/mol. The van der Waals surface area contributed by atoms with Crippen LogP contribution in [-0.2, 0) is 6.54 Å². The highest BCUT2D eigenvalue weighted by Crippen LogP contribution is 2.13. The van der Waals surface area contributed by atoms with Crippen molar-refractivity contribution in [1.29, 1.82) is 0 Å². The molecule has 0 saturated carbocycles. The van der Waals surface area contributed by atoms with Gasteiger partial charge in [-0.25, -0.2) is 4.68 Å². The highest BCUT2D eigenvalue weighted by Gasteiger charge is 2.08. The Balaban J connectivity index is 2.09. The number of aryl methyl sites for hydroxylation is 1. The van der Waals surface area contributed by atoms with Crippen LogP contribution in [0.2, 0.25) is 0 Å². The summed E-state index contributed by atoms with van der Waals surface area (Å²) in [5, 5.41) is 7.76. The Labute approximate surface area is 115 Å². The lowest BCUT2D eigenvalue weighted by Crippen LogP contribution is -2.27. The topological polar surface area (TPSA) is 33.1 Å². The van der Waals surface area contributed by atoms with Crippen LogP contribution in [0, 0.1) is 6.92 Å². The standard InChI is InChI=1S/C15H22N4/c1-13-14(11-18(3)10-9-16-2)12-19(17-13)15-7-5-4-6-8-15/h4-8,12,16H,9-11H2,1-3H3. The molecule has 0 saturated heterocycles. The number of hydrogen-bond donors (Lipinski definition) is 1. The number of rotatable bonds is 6. The lowest BCUT2D eigenvalue weighted by molar-refractivity contribution is 0.327. The van der Waals surface area contributed by atoms with E-state index in [1.807, 2.05) is 29.9 Å². The van der Waals surface area contributed by atoms with Crippen molar-refractivity contribution in [1.82, 2.24) is 20.0 Å². The van der Waals surface area contributed by atoms with Gasteiger partial charge in [0.05, 0.1) is 11.4 Å². The summed E-state index contributed by atoms with van der Waals surface area (Å²) < 4.78 is 1.95. The third-order valence-electron chi connectivity index (χ3n) is 3.21. The molecule has 0 atom stereocenters. The smallest absolute Gasteiger partial charge is 0.0645 e. The molecule has 2 aromatic rings. The molecule has 0 amide bonds. The maximum absolute atomic E-state index is 4.59. The summed E-state index contributed by atoms with van der Waals surface area (Å²) in [7, 11) is 4.11. The zero-order valence-electron chi connectivity index (χ0n) is 11.9. The predicted molar refractivity (Wildman–Crippen MR) is 78.6 cm³/mol. The van der Waals surface area contributed by atoms with Gasteiger partial charge in [0.2, 0.25) is 0 Å². The summed E-state index contributed by atoms with van der Waals surface area (Å²) in [5.74, 6) is 0. The Bertz CT molecular complexity index is 504. The van der Waals surface area contributed by atoms with Crippen molar-refractivity contribution in [2.45, 2.75) is 13.5 Å². The molecule has 1 aromatic heterocycles. The van der Waals surface area contributed by atoms with Gasteiger partial charge in [-0.1, -0.05) is 18.2 Å². The average Bonchev–Trinajstić information content (AvgIpc) is 2.79. The van der Waals surface area contributed by atoms with Gasteiger partial charge in [-0.3, -0.25) is 0 Å². The Hall–Kier alpha value is -1.65. The molecule has 1 heterocycles. The van der Waals surface area contributed by atoms with Gasteiger partial charge in [0.15, 0.2) is 0 Å². The second-order valence-corrected chi connectivity index (χ2v) is 4.86. The minimum absolute atomic E-state index is 0.931. The van der Waals surface area contributed by atoms with E-state index in [2.05, 4.69) is 47.6 Å². The number of nitrogens with zero attached hydrogens (tertiary/aromatic N) is 3. The summed E-state index contributed by atoms with van der Waals surface area (Å²) in [6.07, 6.45) is 2.13. The summed E-state index contributed by atoms with van der Waals surface area (Å²) >= 11 is 0. The molecular formula is C15H22N4. The van der Waals surface area contributed by atoms with E-state index >= 15 is 0 Å². The molecule has 0 fully saturated rings. The maximum Gasteiger partial charge on any atom is 0.0645 e. The summed E-state index contributed by atoms with van der Waals surface area (Å²) in [6, 6.07) is 10.2. The zero-order valence-corrected chi connectivity index (χ0v) is 11.9. The fourth-order valence-electron chi connectivity index (χ4n) is 2.04. The lowest BCUT2D eigenvalue weighted by Gasteiger charge is -2.15. The molecule has 0 spiro atoms. The zero-order chi connectivity index (χ0) is 13.7. The van der Waals surface area contributed by atoms with Crippen LogP contribution in [0.5, 0.6) is 0 Å². The van der Waals surface area contributed by atoms with Crippen LogP contribution in [0.4, 0.5) is 0 Å². The van der Waals surface area contributed by atoms with E-state index in [0.717, 1.165) is 31.0 Å². The van der Waals surface area contributed by atoms with Gasteiger partial charge < -0.3 is 10.2 Å². The summed E-state index contributed by atoms with van der Waals surface area (Å²) in [4.78, 5) is 2.30. The molecule has 0 bridgehead atoms. The first kappa shape index (κ1) is 13.8. The SMILES string of the molecule is CNCCN(C)Cc1cn(-c2ccccc2)nc1C. The second kappa shape index (κ2) is 6.50. The van der Waals surface area contributed by atoms with E-state index in [0.29, 0.717) is 0 Å². The van der Waals surface area contributed by atoms with Gasteiger partial charge in [0, 0.05) is 31.4 Å². The van der Waals surface area contributed by atoms with Crippen LogP contribution in [0.3, 0.4) is 0 Å². The number of benzene rings is 1. The maximum atomic E-state index is 4.59. The van der Waals surface area contributed by atoms with Crippen LogP contribution < -0.4 is 5.32 Å². The first-order valence-electron chi connectivity index (χ1n) is 6.64. The van der Waals surface area contributed by atoms with Crippen LogP contribution in [0.25, 0.3) is 5.69 Å². The molecule has 0 aliphatic heterocycles. The second-order valence-electron chi connectivity index (χ2n) is 4.86. The molecule has 0 unspecified atom stereocenters. The Morgan fingerprint density at radius 2 is 2.00 bits per heavy atom. The Morgan fingerprint density at radius 3 is 2.68 bits per heavy atom. The molecule has 19 heavy (non-hydrogen) atoms. The molecule has 0 aliphatic carbocycles. The summed E-state index contributed by atoms with van der Waals surface area (Å²) in [6.45, 7) is 5.04. The highest BCUT2D eigenvalue weighted by atomic mass is 15.3. The van der Waals surface area contributed by atoms with Crippen LogP contribution in [0.1, 0.15) is 11.3 Å². The van der Waals surface area contributed by atoms with Gasteiger partial charge >= 0.3 is 0 Å². The number of hydrogen-bond acceptors (Lipinski definition) is 3. The molecule has 4 nitrogen and oxygen atoms in total. The van der Waals surface area contributed by atoms with Crippen molar-refractivity contribution in [3.8, 4) is 5.69 Å². The van der Waals surface area contributed by atoms with Gasteiger partial charge in [-0.2, -0.15) is 5.10 Å². The molecule has 4 heteroatoms. The molecule has 0 aliphatic rings. The first-order valence-corrected chi connectivity index (χ1v) is 6.64. The van der Waals surface area contributed by atoms with E-state index < -0.39 is 0 Å². The Kier molecular flexibility index (Phi) is 4.71. The number of likely N-dealkylation sites (N-methyl/N-ethyl adjacent to an activating group) is 2. The van der Waals surface area contributed by atoms with E-state index in [4.69, 9.17) is 0 Å². The van der Waals surface area contributed by atoms with Crippen molar-refractivity contribution in [2.75, 3.05) is 27.2 Å². The summed E-state index contributed by atoms with van der Waals surface area (Å²) in [5.41, 5.74) is 3.48. The normalized spacial score (nSPS) is 11.2. The van der Waals surface area contributed by atoms with Crippen molar-refractivity contribution < 1.29 is 0 Å². The first-order chi connectivity index (χ1) is 9.20. The molecular weight excluding hydrogens is 236 g/mol. The highest BCUT2D eigenvalue weighted by molar-refractivity contribution is 5.32. The molecule has 102 valence electrons. The molecule has 1 aromatic carbocycles. The van der Waals surface area contributed by atoms with Crippen molar-refractivity contribution >= 4 is 0 Å². The van der Waals surface area contributed by atoms with Crippen molar-refractivity contribution in [3.63, 3.8) is 0 Å². The minimum atomic E-state index is 0.931. The number of para-hydroxylation sites is 1. The van der Waals surface area contributed by atoms with E-state index in [1.54, 1.807) is 0 Å². The lowest BCUT2D eigenvalue weighted by atomic mass is 10.2. The fraction of sp³-hybridized carbons (Fsp3) is 0.400. The largest absolute Gasteiger partial charge is 0.318 e. The fourth-order valence-corrected chi connectivity index (χ4v) is 2.04. The quantitative estimate of drug-likeness (QED) is 0.858. The van der Waals surface area contributed by atoms with Gasteiger partial charge in [0.1, 0.15) is 0 Å². The molecule has 0 radical (unpaired) electrons. The minimum Gasteiger partial charge on any atom is -0.318 e. The number of aromatic nitrogens is 2. The third-order valence-corrected chi connectivity index (χ3v) is 3.21. The van der Waals surface area contributed by atoms with Gasteiger partial charge in [0.25, 0.3) is 0 Å². The van der Waals surface area contributed by atoms with Crippen LogP contribution in [-0.4, -0.2) is 41.9 Å². The number of nitrogens with one attached hydrogen (secondary N) is 1. The van der Waals surface area contributed by atoms with Crippen LogP contribution >= 0.6 is 0 Å². The van der Waals surface area contributed by atoms with Crippen molar-refractivity contribution in [2.24, 2.45) is 0 Å². The van der Waals surface area contributed by atoms with E-state index in [-0.39, 0.29) is 0 Å². The third kappa shape index (κ3) is 3.66. The molecule has 2 rings (SSSR count). The van der Waals surface area contributed by atoms with Crippen molar-refractivity contribution in [3.05, 3.63) is 47.8 Å². The van der Waals surface area contributed by atoms with E-state index in [1.165, 1.54) is 5.56 Å². The predicted octanol–water partition coefficient (Wildman–Crippen LogP) is 1.83. The van der Waals surface area contributed by atoms with Gasteiger partial charge in [-0.05, 0) is 33.2 Å². The monoisotopic (exact) mass is 258 g/mol. The van der Waals surface area contributed by atoms with Crippen LogP contribution in [0.15, 0.2) is 36.5 Å². The Morgan fingerprint density at radius 1 is 1.26 bits per heavy atom. The molecule has 1 N–H and O–H groups in total. The van der Waals surface area contributed by atoms with E-state index in [9.17, 15) is 0 Å². The van der Waals surface area contributed by atoms with Gasteiger partial charge in [-0.15, -0.1) is 0 Å².